The SMILES string of the molecule is Cl.NC(=O)c1cn(CC(O)CCCc2ccccc2OCc2ccc(Br)cc2)cn1. The molecular weight excluding hydrogens is 470 g/mol. The molecule has 0 fully saturated rings. The molecule has 1 amide bonds. The number of halogens is 2. The number of carbonyl (C=O) groups is 1. The number of carbonyl (C=O) groups excluding carboxylic acids is 1. The number of imidazole rings is 1. The van der Waals surface area contributed by atoms with Crippen molar-refractivity contribution in [2.75, 3.05) is 0 Å². The molecule has 1 heterocycles. The number of para-hydroxylation sites is 1. The van der Waals surface area contributed by atoms with E-state index in [4.69, 9.17) is 10.5 Å². The van der Waals surface area contributed by atoms with Gasteiger partial charge in [-0.05, 0) is 48.6 Å². The molecule has 0 aliphatic rings. The van der Waals surface area contributed by atoms with E-state index in [9.17, 15) is 9.90 Å². The van der Waals surface area contributed by atoms with Gasteiger partial charge in [0, 0.05) is 17.2 Å². The van der Waals surface area contributed by atoms with Gasteiger partial charge in [0.05, 0.1) is 12.4 Å². The first kappa shape index (κ1) is 23.9. The van der Waals surface area contributed by atoms with E-state index in [0.717, 1.165) is 34.2 Å². The second-order valence-corrected chi connectivity index (χ2v) is 7.80. The number of benzene rings is 2. The van der Waals surface area contributed by atoms with E-state index < -0.39 is 12.0 Å². The van der Waals surface area contributed by atoms with Crippen LogP contribution in [0.2, 0.25) is 0 Å². The Morgan fingerprint density at radius 3 is 2.63 bits per heavy atom. The van der Waals surface area contributed by atoms with Crippen LogP contribution >= 0.6 is 28.3 Å². The van der Waals surface area contributed by atoms with Gasteiger partial charge >= 0.3 is 0 Å². The smallest absolute Gasteiger partial charge is 0.268 e. The van der Waals surface area contributed by atoms with E-state index in [-0.39, 0.29) is 18.1 Å². The van der Waals surface area contributed by atoms with Gasteiger partial charge in [0.1, 0.15) is 18.1 Å². The molecule has 6 nitrogen and oxygen atoms in total. The molecule has 0 aliphatic carbocycles. The molecule has 3 rings (SSSR count). The fraction of sp³-hybridized carbons (Fsp3) is 0.273. The molecule has 8 heteroatoms. The first-order chi connectivity index (χ1) is 14.0. The molecule has 0 aliphatic heterocycles. The zero-order chi connectivity index (χ0) is 20.6. The van der Waals surface area contributed by atoms with Crippen molar-refractivity contribution in [2.24, 2.45) is 5.73 Å². The number of nitrogens with zero attached hydrogens (tertiary/aromatic N) is 2. The quantitative estimate of drug-likeness (QED) is 0.443. The topological polar surface area (TPSA) is 90.4 Å². The highest BCUT2D eigenvalue weighted by Crippen LogP contribution is 2.22. The lowest BCUT2D eigenvalue weighted by atomic mass is 10.0. The van der Waals surface area contributed by atoms with Crippen LogP contribution in [0.15, 0.2) is 65.5 Å². The normalized spacial score (nSPS) is 11.5. The summed E-state index contributed by atoms with van der Waals surface area (Å²) in [7, 11) is 0. The van der Waals surface area contributed by atoms with Crippen molar-refractivity contribution in [2.45, 2.75) is 38.5 Å². The molecule has 3 aromatic rings. The van der Waals surface area contributed by atoms with Crippen molar-refractivity contribution in [3.63, 3.8) is 0 Å². The van der Waals surface area contributed by atoms with Crippen molar-refractivity contribution in [3.8, 4) is 5.75 Å². The van der Waals surface area contributed by atoms with Crippen molar-refractivity contribution in [1.29, 1.82) is 0 Å². The Kier molecular flexibility index (Phi) is 9.36. The summed E-state index contributed by atoms with van der Waals surface area (Å²) in [5.41, 5.74) is 7.62. The molecular formula is C22H25BrClN3O3. The van der Waals surface area contributed by atoms with Crippen molar-refractivity contribution >= 4 is 34.2 Å². The summed E-state index contributed by atoms with van der Waals surface area (Å²) in [5, 5.41) is 10.3. The van der Waals surface area contributed by atoms with Crippen LogP contribution in [-0.4, -0.2) is 26.7 Å². The highest BCUT2D eigenvalue weighted by atomic mass is 79.9. The molecule has 160 valence electrons. The van der Waals surface area contributed by atoms with Crippen LogP contribution < -0.4 is 10.5 Å². The van der Waals surface area contributed by atoms with Crippen LogP contribution in [0.4, 0.5) is 0 Å². The van der Waals surface area contributed by atoms with Crippen LogP contribution in [0.3, 0.4) is 0 Å². The van der Waals surface area contributed by atoms with Gasteiger partial charge in [-0.3, -0.25) is 4.79 Å². The van der Waals surface area contributed by atoms with Gasteiger partial charge < -0.3 is 20.1 Å². The lowest BCUT2D eigenvalue weighted by Gasteiger charge is -2.14. The number of primary amides is 1. The third-order valence-corrected chi connectivity index (χ3v) is 5.10. The highest BCUT2D eigenvalue weighted by molar-refractivity contribution is 9.10. The average Bonchev–Trinajstić information content (AvgIpc) is 3.17. The van der Waals surface area contributed by atoms with E-state index in [1.54, 1.807) is 10.8 Å². The molecule has 1 unspecified atom stereocenters. The number of amides is 1. The van der Waals surface area contributed by atoms with E-state index in [2.05, 4.69) is 27.0 Å². The number of aryl methyl sites for hydroxylation is 1. The fourth-order valence-corrected chi connectivity index (χ4v) is 3.31. The molecule has 0 saturated carbocycles. The largest absolute Gasteiger partial charge is 0.489 e. The maximum atomic E-state index is 11.1. The van der Waals surface area contributed by atoms with E-state index in [1.165, 1.54) is 6.33 Å². The number of hydrogen-bond donors (Lipinski definition) is 2. The van der Waals surface area contributed by atoms with Crippen molar-refractivity contribution in [1.82, 2.24) is 9.55 Å². The standard InChI is InChI=1S/C22H24BrN3O3.ClH/c23-18-10-8-16(9-11-18)14-29-21-7-2-1-4-17(21)5-3-6-19(27)12-26-13-20(22(24)28)25-15-26;/h1-2,4,7-11,13,15,19,27H,3,5-6,12,14H2,(H2,24,28);1H. The first-order valence-corrected chi connectivity index (χ1v) is 10.3. The van der Waals surface area contributed by atoms with Crippen LogP contribution in [0, 0.1) is 0 Å². The van der Waals surface area contributed by atoms with Gasteiger partial charge in [-0.1, -0.05) is 46.3 Å². The predicted octanol–water partition coefficient (Wildman–Crippen LogP) is 4.13. The Morgan fingerprint density at radius 1 is 1.20 bits per heavy atom. The Balaban J connectivity index is 0.00000320. The number of aliphatic hydroxyl groups excluding tert-OH is 1. The number of ether oxygens (including phenoxy) is 1. The van der Waals surface area contributed by atoms with Gasteiger partial charge in [-0.25, -0.2) is 4.98 Å². The lowest BCUT2D eigenvalue weighted by Crippen LogP contribution is -2.15. The Morgan fingerprint density at radius 2 is 1.93 bits per heavy atom. The van der Waals surface area contributed by atoms with Gasteiger partial charge in [0.2, 0.25) is 0 Å². The fourth-order valence-electron chi connectivity index (χ4n) is 3.04. The minimum Gasteiger partial charge on any atom is -0.489 e. The number of nitrogens with two attached hydrogens (primary N) is 1. The average molecular weight is 495 g/mol. The summed E-state index contributed by atoms with van der Waals surface area (Å²) in [6.45, 7) is 0.887. The number of aliphatic hydroxyl groups is 1. The lowest BCUT2D eigenvalue weighted by molar-refractivity contribution is 0.0995. The van der Waals surface area contributed by atoms with Crippen molar-refractivity contribution < 1.29 is 14.6 Å². The molecule has 3 N–H and O–H groups in total. The molecule has 1 atom stereocenters. The van der Waals surface area contributed by atoms with E-state index >= 15 is 0 Å². The first-order valence-electron chi connectivity index (χ1n) is 9.46. The maximum Gasteiger partial charge on any atom is 0.268 e. The monoisotopic (exact) mass is 493 g/mol. The third kappa shape index (κ3) is 7.16. The summed E-state index contributed by atoms with van der Waals surface area (Å²) >= 11 is 3.43. The van der Waals surface area contributed by atoms with Gasteiger partial charge in [-0.2, -0.15) is 0 Å². The highest BCUT2D eigenvalue weighted by Gasteiger charge is 2.10. The zero-order valence-corrected chi connectivity index (χ0v) is 18.8. The van der Waals surface area contributed by atoms with Crippen LogP contribution in [-0.2, 0) is 19.6 Å². The zero-order valence-electron chi connectivity index (χ0n) is 16.4. The second kappa shape index (κ2) is 11.7. The molecule has 0 bridgehead atoms. The molecule has 2 aromatic carbocycles. The van der Waals surface area contributed by atoms with Gasteiger partial charge in [-0.15, -0.1) is 12.4 Å². The van der Waals surface area contributed by atoms with Gasteiger partial charge in [0.15, 0.2) is 0 Å². The molecule has 0 spiro atoms. The molecule has 30 heavy (non-hydrogen) atoms. The summed E-state index contributed by atoms with van der Waals surface area (Å²) < 4.78 is 8.73. The maximum absolute atomic E-state index is 11.1. The Bertz CT molecular complexity index is 947. The number of hydrogen-bond acceptors (Lipinski definition) is 4. The van der Waals surface area contributed by atoms with Crippen LogP contribution in [0.5, 0.6) is 5.75 Å². The Labute approximate surface area is 190 Å². The van der Waals surface area contributed by atoms with Gasteiger partial charge in [0.25, 0.3) is 5.91 Å². The molecule has 1 aromatic heterocycles. The number of aromatic nitrogens is 2. The predicted molar refractivity (Wildman–Crippen MR) is 122 cm³/mol. The summed E-state index contributed by atoms with van der Waals surface area (Å²) in [4.78, 5) is 15.0. The minimum absolute atomic E-state index is 0. The summed E-state index contributed by atoms with van der Waals surface area (Å²) in [6.07, 6.45) is 4.79. The summed E-state index contributed by atoms with van der Waals surface area (Å²) in [6, 6.07) is 16.0. The molecule has 0 saturated heterocycles. The van der Waals surface area contributed by atoms with E-state index in [0.29, 0.717) is 19.6 Å². The number of rotatable bonds is 10. The minimum atomic E-state index is -0.571. The van der Waals surface area contributed by atoms with Crippen molar-refractivity contribution in [3.05, 3.63) is 82.3 Å². The van der Waals surface area contributed by atoms with Crippen LogP contribution in [0.1, 0.15) is 34.5 Å². The Hall–Kier alpha value is -2.35. The van der Waals surface area contributed by atoms with E-state index in [1.807, 2.05) is 42.5 Å². The summed E-state index contributed by atoms with van der Waals surface area (Å²) in [5.74, 6) is 0.295. The second-order valence-electron chi connectivity index (χ2n) is 6.89. The molecule has 0 radical (unpaired) electrons. The van der Waals surface area contributed by atoms with Crippen LogP contribution in [0.25, 0.3) is 0 Å². The third-order valence-electron chi connectivity index (χ3n) is 4.57.